The summed E-state index contributed by atoms with van der Waals surface area (Å²) < 4.78 is 40.0. The summed E-state index contributed by atoms with van der Waals surface area (Å²) in [5.41, 5.74) is 1.46. The van der Waals surface area contributed by atoms with Crippen LogP contribution in [-0.4, -0.2) is 24.0 Å². The summed E-state index contributed by atoms with van der Waals surface area (Å²) in [4.78, 5) is 16.2. The SMILES string of the molecule is CCNC(=O)c1cc(F)c(COc2cccc(-c3ccc(OCC4CC4)nc3)c2)cc1F. The Hall–Kier alpha value is -3.48. The normalized spacial score (nSPS) is 13.0. The molecule has 0 spiro atoms. The van der Waals surface area contributed by atoms with Gasteiger partial charge in [-0.25, -0.2) is 13.8 Å². The average Bonchev–Trinajstić information content (AvgIpc) is 3.63. The van der Waals surface area contributed by atoms with Gasteiger partial charge in [0, 0.05) is 29.9 Å². The first-order valence-electron chi connectivity index (χ1n) is 10.6. The highest BCUT2D eigenvalue weighted by Crippen LogP contribution is 2.30. The number of benzene rings is 2. The smallest absolute Gasteiger partial charge is 0.254 e. The summed E-state index contributed by atoms with van der Waals surface area (Å²) >= 11 is 0. The van der Waals surface area contributed by atoms with E-state index in [0.717, 1.165) is 23.3 Å². The quantitative estimate of drug-likeness (QED) is 0.502. The largest absolute Gasteiger partial charge is 0.489 e. The van der Waals surface area contributed by atoms with Crippen LogP contribution in [0.4, 0.5) is 8.78 Å². The molecule has 166 valence electrons. The maximum absolute atomic E-state index is 14.4. The van der Waals surface area contributed by atoms with E-state index in [0.29, 0.717) is 30.7 Å². The van der Waals surface area contributed by atoms with Gasteiger partial charge in [0.15, 0.2) is 0 Å². The number of halogens is 2. The van der Waals surface area contributed by atoms with Gasteiger partial charge in [-0.3, -0.25) is 4.79 Å². The van der Waals surface area contributed by atoms with E-state index in [4.69, 9.17) is 9.47 Å². The molecule has 3 aromatic rings. The lowest BCUT2D eigenvalue weighted by Crippen LogP contribution is -2.24. The first-order valence-corrected chi connectivity index (χ1v) is 10.6. The highest BCUT2D eigenvalue weighted by atomic mass is 19.1. The first kappa shape index (κ1) is 21.7. The summed E-state index contributed by atoms with van der Waals surface area (Å²) in [5, 5.41) is 2.46. The lowest BCUT2D eigenvalue weighted by atomic mass is 10.1. The van der Waals surface area contributed by atoms with Crippen molar-refractivity contribution in [3.63, 3.8) is 0 Å². The molecule has 1 heterocycles. The van der Waals surface area contributed by atoms with Crippen LogP contribution in [0.15, 0.2) is 54.7 Å². The van der Waals surface area contributed by atoms with E-state index >= 15 is 0 Å². The molecule has 32 heavy (non-hydrogen) atoms. The molecule has 4 rings (SSSR count). The number of hydrogen-bond donors (Lipinski definition) is 1. The van der Waals surface area contributed by atoms with Gasteiger partial charge in [-0.1, -0.05) is 12.1 Å². The highest BCUT2D eigenvalue weighted by Gasteiger charge is 2.22. The van der Waals surface area contributed by atoms with E-state index in [9.17, 15) is 13.6 Å². The summed E-state index contributed by atoms with van der Waals surface area (Å²) in [6.45, 7) is 2.56. The maximum Gasteiger partial charge on any atom is 0.254 e. The van der Waals surface area contributed by atoms with Crippen molar-refractivity contribution in [2.45, 2.75) is 26.4 Å². The van der Waals surface area contributed by atoms with Crippen LogP contribution in [-0.2, 0) is 6.61 Å². The molecule has 1 aliphatic carbocycles. The fraction of sp³-hybridized carbons (Fsp3) is 0.280. The van der Waals surface area contributed by atoms with Crippen molar-refractivity contribution in [3.05, 3.63) is 77.5 Å². The molecule has 1 aromatic heterocycles. The zero-order chi connectivity index (χ0) is 22.5. The van der Waals surface area contributed by atoms with E-state index in [1.54, 1.807) is 25.3 Å². The fourth-order valence-corrected chi connectivity index (χ4v) is 3.18. The topological polar surface area (TPSA) is 60.5 Å². The second-order valence-corrected chi connectivity index (χ2v) is 7.74. The van der Waals surface area contributed by atoms with Crippen molar-refractivity contribution < 1.29 is 23.0 Å². The first-order chi connectivity index (χ1) is 15.5. The lowest BCUT2D eigenvalue weighted by molar-refractivity contribution is 0.0951. The Morgan fingerprint density at radius 3 is 2.62 bits per heavy atom. The van der Waals surface area contributed by atoms with Crippen LogP contribution in [0.2, 0.25) is 0 Å². The predicted octanol–water partition coefficient (Wildman–Crippen LogP) is 5.14. The number of pyridine rings is 1. The number of hydrogen-bond acceptors (Lipinski definition) is 4. The van der Waals surface area contributed by atoms with Crippen molar-refractivity contribution in [2.75, 3.05) is 13.2 Å². The molecule has 0 bridgehead atoms. The Labute approximate surface area is 185 Å². The predicted molar refractivity (Wildman–Crippen MR) is 117 cm³/mol. The zero-order valence-corrected chi connectivity index (χ0v) is 17.7. The number of carbonyl (C=O) groups is 1. The molecule has 2 aromatic carbocycles. The van der Waals surface area contributed by atoms with Crippen molar-refractivity contribution in [3.8, 4) is 22.8 Å². The van der Waals surface area contributed by atoms with Crippen LogP contribution in [0, 0.1) is 17.6 Å². The Morgan fingerprint density at radius 1 is 1.06 bits per heavy atom. The number of ether oxygens (including phenoxy) is 2. The third kappa shape index (κ3) is 5.41. The van der Waals surface area contributed by atoms with Gasteiger partial charge in [-0.05, 0) is 61.6 Å². The Bertz CT molecular complexity index is 1100. The summed E-state index contributed by atoms with van der Waals surface area (Å²) in [5.74, 6) is -0.379. The van der Waals surface area contributed by atoms with E-state index in [1.807, 2.05) is 24.3 Å². The summed E-state index contributed by atoms with van der Waals surface area (Å²) in [7, 11) is 0. The molecule has 0 radical (unpaired) electrons. The van der Waals surface area contributed by atoms with Crippen molar-refractivity contribution in [1.29, 1.82) is 0 Å². The molecule has 1 aliphatic rings. The van der Waals surface area contributed by atoms with Crippen molar-refractivity contribution in [2.24, 2.45) is 5.92 Å². The molecule has 1 N–H and O–H groups in total. The van der Waals surface area contributed by atoms with Gasteiger partial charge in [0.1, 0.15) is 24.0 Å². The van der Waals surface area contributed by atoms with Crippen molar-refractivity contribution in [1.82, 2.24) is 10.3 Å². The van der Waals surface area contributed by atoms with Crippen LogP contribution in [0.1, 0.15) is 35.7 Å². The number of amides is 1. The van der Waals surface area contributed by atoms with E-state index in [2.05, 4.69) is 10.3 Å². The molecule has 0 unspecified atom stereocenters. The van der Waals surface area contributed by atoms with Gasteiger partial charge >= 0.3 is 0 Å². The number of nitrogens with one attached hydrogen (secondary N) is 1. The molecular weight excluding hydrogens is 414 g/mol. The second-order valence-electron chi connectivity index (χ2n) is 7.74. The molecule has 1 fully saturated rings. The fourth-order valence-electron chi connectivity index (χ4n) is 3.18. The Kier molecular flexibility index (Phi) is 6.63. The average molecular weight is 438 g/mol. The van der Waals surface area contributed by atoms with Gasteiger partial charge in [0.2, 0.25) is 5.88 Å². The Morgan fingerprint density at radius 2 is 1.91 bits per heavy atom. The minimum atomic E-state index is -0.792. The summed E-state index contributed by atoms with van der Waals surface area (Å²) in [6, 6.07) is 12.9. The molecule has 7 heteroatoms. The lowest BCUT2D eigenvalue weighted by Gasteiger charge is -2.11. The van der Waals surface area contributed by atoms with Crippen LogP contribution in [0.25, 0.3) is 11.1 Å². The molecule has 1 amide bonds. The molecular formula is C25H24F2N2O3. The van der Waals surface area contributed by atoms with Gasteiger partial charge in [0.05, 0.1) is 12.2 Å². The van der Waals surface area contributed by atoms with Gasteiger partial charge in [-0.15, -0.1) is 0 Å². The van der Waals surface area contributed by atoms with Crippen LogP contribution in [0.5, 0.6) is 11.6 Å². The highest BCUT2D eigenvalue weighted by molar-refractivity contribution is 5.94. The van der Waals surface area contributed by atoms with E-state index < -0.39 is 17.5 Å². The molecule has 5 nitrogen and oxygen atoms in total. The van der Waals surface area contributed by atoms with Gasteiger partial charge in [-0.2, -0.15) is 0 Å². The van der Waals surface area contributed by atoms with Crippen LogP contribution >= 0.6 is 0 Å². The maximum atomic E-state index is 14.4. The molecule has 0 saturated heterocycles. The second kappa shape index (κ2) is 9.77. The van der Waals surface area contributed by atoms with E-state index in [-0.39, 0.29) is 17.7 Å². The van der Waals surface area contributed by atoms with Crippen molar-refractivity contribution >= 4 is 5.91 Å². The summed E-state index contributed by atoms with van der Waals surface area (Å²) in [6.07, 6.45) is 4.18. The van der Waals surface area contributed by atoms with Gasteiger partial charge in [0.25, 0.3) is 5.91 Å². The monoisotopic (exact) mass is 438 g/mol. The van der Waals surface area contributed by atoms with Crippen LogP contribution < -0.4 is 14.8 Å². The number of carbonyl (C=O) groups excluding carboxylic acids is 1. The minimum absolute atomic E-state index is 0.0276. The molecule has 0 atom stereocenters. The van der Waals surface area contributed by atoms with E-state index in [1.165, 1.54) is 12.8 Å². The number of aromatic nitrogens is 1. The standard InChI is InChI=1S/C25H24F2N2O3/c1-2-28-25(30)21-12-22(26)19(11-23(21)27)15-31-20-5-3-4-17(10-20)18-8-9-24(29-13-18)32-14-16-6-7-16/h3-5,8-13,16H,2,6-7,14-15H2,1H3,(H,28,30). The number of rotatable bonds is 9. The Balaban J connectivity index is 1.42. The van der Waals surface area contributed by atoms with Gasteiger partial charge < -0.3 is 14.8 Å². The number of nitrogens with zero attached hydrogens (tertiary/aromatic N) is 1. The third-order valence-electron chi connectivity index (χ3n) is 5.18. The molecule has 0 aliphatic heterocycles. The minimum Gasteiger partial charge on any atom is -0.489 e. The zero-order valence-electron chi connectivity index (χ0n) is 17.7. The molecule has 1 saturated carbocycles. The third-order valence-corrected chi connectivity index (χ3v) is 5.18. The van der Waals surface area contributed by atoms with Crippen LogP contribution in [0.3, 0.4) is 0 Å².